The summed E-state index contributed by atoms with van der Waals surface area (Å²) in [7, 11) is 0. The lowest BCUT2D eigenvalue weighted by Gasteiger charge is -2.23. The monoisotopic (exact) mass is 191 g/mol. The third-order valence-electron chi connectivity index (χ3n) is 1.98. The van der Waals surface area contributed by atoms with Crippen molar-refractivity contribution in [3.8, 4) is 11.9 Å². The lowest BCUT2D eigenvalue weighted by atomic mass is 10.1. The number of hydrogen-bond donors (Lipinski definition) is 0. The van der Waals surface area contributed by atoms with Gasteiger partial charge >= 0.3 is 0 Å². The minimum atomic E-state index is -0.247. The molecule has 0 spiro atoms. The smallest absolute Gasteiger partial charge is 0.232 e. The van der Waals surface area contributed by atoms with E-state index in [2.05, 4.69) is 9.97 Å². The molecule has 0 saturated heterocycles. The summed E-state index contributed by atoms with van der Waals surface area (Å²) in [5, 5.41) is 8.51. The van der Waals surface area contributed by atoms with Gasteiger partial charge in [0.15, 0.2) is 5.69 Å². The summed E-state index contributed by atoms with van der Waals surface area (Å²) in [5.41, 5.74) is 0.0506. The molecule has 0 aliphatic carbocycles. The molecule has 0 radical (unpaired) electrons. The number of hydrogen-bond acceptors (Lipinski definition) is 4. The summed E-state index contributed by atoms with van der Waals surface area (Å²) < 4.78 is 5.57. The molecule has 0 aliphatic rings. The Labute approximate surface area is 83.6 Å². The van der Waals surface area contributed by atoms with Crippen molar-refractivity contribution in [2.24, 2.45) is 0 Å². The fourth-order valence-electron chi connectivity index (χ4n) is 0.782. The van der Waals surface area contributed by atoms with Crippen LogP contribution < -0.4 is 4.74 Å². The number of rotatable bonds is 3. The quantitative estimate of drug-likeness (QED) is 0.732. The van der Waals surface area contributed by atoms with E-state index in [1.165, 1.54) is 12.4 Å². The third-order valence-corrected chi connectivity index (χ3v) is 1.98. The zero-order valence-corrected chi connectivity index (χ0v) is 8.61. The van der Waals surface area contributed by atoms with E-state index in [1.54, 1.807) is 0 Å². The molecular weight excluding hydrogens is 178 g/mol. The van der Waals surface area contributed by atoms with Gasteiger partial charge in [0.05, 0.1) is 12.4 Å². The molecule has 0 atom stereocenters. The molecule has 4 nitrogen and oxygen atoms in total. The van der Waals surface area contributed by atoms with Crippen LogP contribution >= 0.6 is 0 Å². The minimum absolute atomic E-state index is 0.247. The van der Waals surface area contributed by atoms with Crippen molar-refractivity contribution in [2.45, 2.75) is 32.8 Å². The normalized spacial score (nSPS) is 10.7. The number of nitrogens with zero attached hydrogens (tertiary/aromatic N) is 3. The van der Waals surface area contributed by atoms with Crippen LogP contribution in [0.2, 0.25) is 0 Å². The molecule has 1 aromatic rings. The van der Waals surface area contributed by atoms with E-state index in [9.17, 15) is 0 Å². The molecule has 1 aromatic heterocycles. The molecule has 0 aliphatic heterocycles. The summed E-state index contributed by atoms with van der Waals surface area (Å²) >= 11 is 0. The molecule has 74 valence electrons. The van der Waals surface area contributed by atoms with Gasteiger partial charge in [0.25, 0.3) is 0 Å². The first-order chi connectivity index (χ1) is 6.57. The first-order valence-corrected chi connectivity index (χ1v) is 4.48. The van der Waals surface area contributed by atoms with E-state index in [0.717, 1.165) is 6.42 Å². The van der Waals surface area contributed by atoms with Crippen LogP contribution in [-0.4, -0.2) is 15.6 Å². The van der Waals surface area contributed by atoms with Crippen LogP contribution in [0.5, 0.6) is 5.88 Å². The number of aromatic nitrogens is 2. The zero-order chi connectivity index (χ0) is 10.6. The largest absolute Gasteiger partial charge is 0.471 e. The van der Waals surface area contributed by atoms with Gasteiger partial charge in [-0.15, -0.1) is 0 Å². The maximum atomic E-state index is 8.51. The van der Waals surface area contributed by atoms with Gasteiger partial charge < -0.3 is 4.74 Å². The Hall–Kier alpha value is -1.63. The summed E-state index contributed by atoms with van der Waals surface area (Å²) in [6.07, 6.45) is 3.76. The average Bonchev–Trinajstić information content (AvgIpc) is 2.19. The molecule has 0 N–H and O–H groups in total. The van der Waals surface area contributed by atoms with Gasteiger partial charge in [-0.2, -0.15) is 5.26 Å². The lowest BCUT2D eigenvalue weighted by Crippen LogP contribution is -2.27. The van der Waals surface area contributed by atoms with Crippen molar-refractivity contribution in [1.29, 1.82) is 5.26 Å². The van der Waals surface area contributed by atoms with Crippen LogP contribution in [0.1, 0.15) is 32.9 Å². The molecule has 0 unspecified atom stereocenters. The van der Waals surface area contributed by atoms with E-state index >= 15 is 0 Å². The van der Waals surface area contributed by atoms with Crippen molar-refractivity contribution >= 4 is 0 Å². The van der Waals surface area contributed by atoms with Crippen molar-refractivity contribution < 1.29 is 4.74 Å². The second-order valence-corrected chi connectivity index (χ2v) is 3.57. The van der Waals surface area contributed by atoms with E-state index in [-0.39, 0.29) is 5.60 Å². The van der Waals surface area contributed by atoms with E-state index in [0.29, 0.717) is 11.6 Å². The van der Waals surface area contributed by atoms with Crippen LogP contribution in [-0.2, 0) is 0 Å². The molecule has 0 saturated carbocycles. The average molecular weight is 191 g/mol. The van der Waals surface area contributed by atoms with Gasteiger partial charge in [-0.25, -0.2) is 9.97 Å². The summed E-state index contributed by atoms with van der Waals surface area (Å²) in [6, 6.07) is 1.90. The van der Waals surface area contributed by atoms with Crippen LogP contribution in [0.3, 0.4) is 0 Å². The zero-order valence-electron chi connectivity index (χ0n) is 8.61. The fraction of sp³-hybridized carbons (Fsp3) is 0.500. The molecule has 0 aromatic carbocycles. The Morgan fingerprint density at radius 3 is 2.57 bits per heavy atom. The highest BCUT2D eigenvalue weighted by atomic mass is 16.5. The van der Waals surface area contributed by atoms with E-state index < -0.39 is 0 Å². The molecule has 14 heavy (non-hydrogen) atoms. The molecule has 0 amide bonds. The molecule has 4 heteroatoms. The minimum Gasteiger partial charge on any atom is -0.471 e. The van der Waals surface area contributed by atoms with Gasteiger partial charge in [-0.05, 0) is 20.3 Å². The van der Waals surface area contributed by atoms with Crippen molar-refractivity contribution in [3.63, 3.8) is 0 Å². The maximum absolute atomic E-state index is 8.51. The molecule has 0 bridgehead atoms. The van der Waals surface area contributed by atoms with Crippen LogP contribution in [0.25, 0.3) is 0 Å². The molecule has 1 rings (SSSR count). The standard InChI is InChI=1S/C10H13N3O/c1-4-10(2,3)14-9-7-12-8(5-11)6-13-9/h6-7H,4H2,1-3H3. The van der Waals surface area contributed by atoms with Crippen molar-refractivity contribution in [1.82, 2.24) is 9.97 Å². The number of ether oxygens (including phenoxy) is 1. The summed E-state index contributed by atoms with van der Waals surface area (Å²) in [4.78, 5) is 7.84. The topological polar surface area (TPSA) is 58.8 Å². The first kappa shape index (κ1) is 10.5. The highest BCUT2D eigenvalue weighted by Crippen LogP contribution is 2.17. The van der Waals surface area contributed by atoms with E-state index in [1.807, 2.05) is 26.8 Å². The van der Waals surface area contributed by atoms with Crippen molar-refractivity contribution in [2.75, 3.05) is 0 Å². The Balaban J connectivity index is 2.75. The van der Waals surface area contributed by atoms with E-state index in [4.69, 9.17) is 10.00 Å². The Bertz CT molecular complexity index is 337. The van der Waals surface area contributed by atoms with Gasteiger partial charge in [0, 0.05) is 0 Å². The summed E-state index contributed by atoms with van der Waals surface area (Å²) in [5.74, 6) is 0.454. The van der Waals surface area contributed by atoms with Crippen LogP contribution in [0.15, 0.2) is 12.4 Å². The van der Waals surface area contributed by atoms with Gasteiger partial charge in [-0.1, -0.05) is 6.92 Å². The highest BCUT2D eigenvalue weighted by Gasteiger charge is 2.17. The number of nitriles is 1. The van der Waals surface area contributed by atoms with Crippen LogP contribution in [0, 0.1) is 11.3 Å². The van der Waals surface area contributed by atoms with Crippen LogP contribution in [0.4, 0.5) is 0 Å². The predicted molar refractivity (Wildman–Crippen MR) is 51.7 cm³/mol. The third kappa shape index (κ3) is 2.70. The molecular formula is C10H13N3O. The SMILES string of the molecule is CCC(C)(C)Oc1cnc(C#N)cn1. The Kier molecular flexibility index (Phi) is 3.03. The second kappa shape index (κ2) is 4.05. The Morgan fingerprint density at radius 1 is 1.43 bits per heavy atom. The molecule has 0 fully saturated rings. The Morgan fingerprint density at radius 2 is 2.14 bits per heavy atom. The second-order valence-electron chi connectivity index (χ2n) is 3.57. The van der Waals surface area contributed by atoms with Gasteiger partial charge in [0.2, 0.25) is 5.88 Å². The van der Waals surface area contributed by atoms with Gasteiger partial charge in [-0.3, -0.25) is 0 Å². The first-order valence-electron chi connectivity index (χ1n) is 4.48. The fourth-order valence-corrected chi connectivity index (χ4v) is 0.782. The highest BCUT2D eigenvalue weighted by molar-refractivity contribution is 5.18. The molecule has 1 heterocycles. The summed E-state index contributed by atoms with van der Waals surface area (Å²) in [6.45, 7) is 6.00. The van der Waals surface area contributed by atoms with Crippen molar-refractivity contribution in [3.05, 3.63) is 18.1 Å². The maximum Gasteiger partial charge on any atom is 0.232 e. The lowest BCUT2D eigenvalue weighted by molar-refractivity contribution is 0.0984. The predicted octanol–water partition coefficient (Wildman–Crippen LogP) is 1.92. The van der Waals surface area contributed by atoms with Gasteiger partial charge in [0.1, 0.15) is 11.7 Å².